The van der Waals surface area contributed by atoms with Gasteiger partial charge in [0.1, 0.15) is 5.82 Å². The Morgan fingerprint density at radius 1 is 1.17 bits per heavy atom. The minimum Gasteiger partial charge on any atom is -0.323 e. The van der Waals surface area contributed by atoms with Crippen molar-refractivity contribution in [3.63, 3.8) is 0 Å². The maximum absolute atomic E-state index is 12.7. The lowest BCUT2D eigenvalue weighted by Crippen LogP contribution is -2.07. The summed E-state index contributed by atoms with van der Waals surface area (Å²) >= 11 is 0. The second-order valence-corrected chi connectivity index (χ2v) is 3.58. The van der Waals surface area contributed by atoms with Gasteiger partial charge in [0.25, 0.3) is 0 Å². The lowest BCUT2D eigenvalue weighted by molar-refractivity contribution is -0.111. The topological polar surface area (TPSA) is 42.0 Å². The zero-order valence-corrected chi connectivity index (χ0v) is 9.51. The van der Waals surface area contributed by atoms with Crippen molar-refractivity contribution < 1.29 is 9.18 Å². The van der Waals surface area contributed by atoms with Gasteiger partial charge in [-0.05, 0) is 42.5 Å². The summed E-state index contributed by atoms with van der Waals surface area (Å²) in [5.41, 5.74) is 1.25. The highest BCUT2D eigenvalue weighted by Gasteiger charge is 1.98. The molecule has 0 aliphatic rings. The zero-order valence-electron chi connectivity index (χ0n) is 9.51. The standard InChI is InChI=1S/C14H11FN2O/c15-11-4-6-13(7-5-11)17-14(18)9-8-12-3-1-2-10-16-12/h1-10H,(H,17,18). The normalized spacial score (nSPS) is 10.5. The van der Waals surface area contributed by atoms with Crippen LogP contribution in [0.1, 0.15) is 5.69 Å². The Morgan fingerprint density at radius 2 is 1.94 bits per heavy atom. The Balaban J connectivity index is 1.97. The summed E-state index contributed by atoms with van der Waals surface area (Å²) in [5.74, 6) is -0.621. The van der Waals surface area contributed by atoms with Crippen molar-refractivity contribution in [3.8, 4) is 0 Å². The van der Waals surface area contributed by atoms with E-state index in [4.69, 9.17) is 0 Å². The van der Waals surface area contributed by atoms with Crippen LogP contribution in [0.4, 0.5) is 10.1 Å². The number of hydrogen-bond acceptors (Lipinski definition) is 2. The molecule has 0 spiro atoms. The fourth-order valence-corrected chi connectivity index (χ4v) is 1.35. The summed E-state index contributed by atoms with van der Waals surface area (Å²) < 4.78 is 12.7. The number of carbonyl (C=O) groups is 1. The average molecular weight is 242 g/mol. The molecule has 1 N–H and O–H groups in total. The molecule has 0 saturated carbocycles. The first-order valence-corrected chi connectivity index (χ1v) is 5.40. The summed E-state index contributed by atoms with van der Waals surface area (Å²) in [6, 6.07) is 11.0. The summed E-state index contributed by atoms with van der Waals surface area (Å²) in [7, 11) is 0. The molecule has 0 bridgehead atoms. The van der Waals surface area contributed by atoms with Gasteiger partial charge in [0.2, 0.25) is 5.91 Å². The van der Waals surface area contributed by atoms with Crippen molar-refractivity contribution in [2.75, 3.05) is 5.32 Å². The molecule has 0 unspecified atom stereocenters. The fraction of sp³-hybridized carbons (Fsp3) is 0. The number of carbonyl (C=O) groups excluding carboxylic acids is 1. The number of amides is 1. The molecule has 0 saturated heterocycles. The molecule has 18 heavy (non-hydrogen) atoms. The fourth-order valence-electron chi connectivity index (χ4n) is 1.35. The summed E-state index contributed by atoms with van der Waals surface area (Å²) in [4.78, 5) is 15.6. The second-order valence-electron chi connectivity index (χ2n) is 3.58. The molecule has 1 aromatic carbocycles. The second kappa shape index (κ2) is 5.72. The van der Waals surface area contributed by atoms with Crippen molar-refractivity contribution in [2.24, 2.45) is 0 Å². The largest absolute Gasteiger partial charge is 0.323 e. The number of aromatic nitrogens is 1. The van der Waals surface area contributed by atoms with Crippen LogP contribution in [-0.4, -0.2) is 10.9 Å². The Bertz CT molecular complexity index is 550. The molecule has 2 aromatic rings. The van der Waals surface area contributed by atoms with Crippen LogP contribution in [0.2, 0.25) is 0 Å². The first-order chi connectivity index (χ1) is 8.74. The van der Waals surface area contributed by atoms with Crippen LogP contribution in [0.25, 0.3) is 6.08 Å². The van der Waals surface area contributed by atoms with Crippen molar-refractivity contribution >= 4 is 17.7 Å². The van der Waals surface area contributed by atoms with Crippen LogP contribution < -0.4 is 5.32 Å². The number of halogens is 1. The molecule has 0 radical (unpaired) electrons. The van der Waals surface area contributed by atoms with E-state index in [9.17, 15) is 9.18 Å². The van der Waals surface area contributed by atoms with Crippen LogP contribution >= 0.6 is 0 Å². The number of benzene rings is 1. The van der Waals surface area contributed by atoms with Crippen molar-refractivity contribution in [2.45, 2.75) is 0 Å². The first-order valence-electron chi connectivity index (χ1n) is 5.40. The van der Waals surface area contributed by atoms with Crippen molar-refractivity contribution in [1.82, 2.24) is 4.98 Å². The highest BCUT2D eigenvalue weighted by molar-refractivity contribution is 6.01. The summed E-state index contributed by atoms with van der Waals surface area (Å²) in [5, 5.41) is 2.62. The molecular formula is C14H11FN2O. The maximum atomic E-state index is 12.7. The Labute approximate surface area is 104 Å². The van der Waals surface area contributed by atoms with Gasteiger partial charge < -0.3 is 5.32 Å². The number of rotatable bonds is 3. The van der Waals surface area contributed by atoms with E-state index in [2.05, 4.69) is 10.3 Å². The van der Waals surface area contributed by atoms with Gasteiger partial charge in [-0.25, -0.2) is 4.39 Å². The van der Waals surface area contributed by atoms with E-state index in [0.717, 1.165) is 0 Å². The summed E-state index contributed by atoms with van der Waals surface area (Å²) in [6.07, 6.45) is 4.64. The monoisotopic (exact) mass is 242 g/mol. The molecule has 0 aliphatic heterocycles. The predicted molar refractivity (Wildman–Crippen MR) is 68.3 cm³/mol. The van der Waals surface area contributed by atoms with Crippen LogP contribution in [0.15, 0.2) is 54.7 Å². The smallest absolute Gasteiger partial charge is 0.248 e. The first kappa shape index (κ1) is 12.0. The highest BCUT2D eigenvalue weighted by atomic mass is 19.1. The lowest BCUT2D eigenvalue weighted by atomic mass is 10.3. The van der Waals surface area contributed by atoms with Gasteiger partial charge in [0.15, 0.2) is 0 Å². The van der Waals surface area contributed by atoms with Crippen LogP contribution in [-0.2, 0) is 4.79 Å². The Hall–Kier alpha value is -2.49. The Kier molecular flexibility index (Phi) is 3.81. The summed E-state index contributed by atoms with van der Waals surface area (Å²) in [6.45, 7) is 0. The molecule has 90 valence electrons. The van der Waals surface area contributed by atoms with Gasteiger partial charge in [0, 0.05) is 18.0 Å². The third-order valence-electron chi connectivity index (χ3n) is 2.20. The number of hydrogen-bond donors (Lipinski definition) is 1. The zero-order chi connectivity index (χ0) is 12.8. The van der Waals surface area contributed by atoms with E-state index in [1.54, 1.807) is 24.4 Å². The van der Waals surface area contributed by atoms with E-state index in [-0.39, 0.29) is 11.7 Å². The van der Waals surface area contributed by atoms with E-state index in [0.29, 0.717) is 11.4 Å². The number of nitrogens with zero attached hydrogens (tertiary/aromatic N) is 1. The van der Waals surface area contributed by atoms with Crippen LogP contribution in [0, 0.1) is 5.82 Å². The molecule has 1 heterocycles. The molecular weight excluding hydrogens is 231 g/mol. The van der Waals surface area contributed by atoms with Crippen LogP contribution in [0.5, 0.6) is 0 Å². The van der Waals surface area contributed by atoms with Gasteiger partial charge in [0.05, 0.1) is 5.69 Å². The van der Waals surface area contributed by atoms with Crippen molar-refractivity contribution in [1.29, 1.82) is 0 Å². The third kappa shape index (κ3) is 3.52. The predicted octanol–water partition coefficient (Wildman–Crippen LogP) is 2.87. The third-order valence-corrected chi connectivity index (χ3v) is 2.20. The highest BCUT2D eigenvalue weighted by Crippen LogP contribution is 2.08. The number of anilines is 1. The number of nitrogens with one attached hydrogen (secondary N) is 1. The van der Waals surface area contributed by atoms with Gasteiger partial charge in [-0.2, -0.15) is 0 Å². The van der Waals surface area contributed by atoms with E-state index in [1.165, 1.54) is 30.3 Å². The molecule has 3 nitrogen and oxygen atoms in total. The molecule has 1 aromatic heterocycles. The molecule has 0 fully saturated rings. The van der Waals surface area contributed by atoms with Gasteiger partial charge in [-0.1, -0.05) is 6.07 Å². The molecule has 0 aliphatic carbocycles. The molecule has 4 heteroatoms. The van der Waals surface area contributed by atoms with E-state index >= 15 is 0 Å². The van der Waals surface area contributed by atoms with Gasteiger partial charge >= 0.3 is 0 Å². The van der Waals surface area contributed by atoms with E-state index < -0.39 is 0 Å². The minimum atomic E-state index is -0.336. The maximum Gasteiger partial charge on any atom is 0.248 e. The SMILES string of the molecule is O=C(C=Cc1ccccn1)Nc1ccc(F)cc1. The quantitative estimate of drug-likeness (QED) is 0.841. The van der Waals surface area contributed by atoms with E-state index in [1.807, 2.05) is 6.07 Å². The average Bonchev–Trinajstić information content (AvgIpc) is 2.40. The Morgan fingerprint density at radius 3 is 2.61 bits per heavy atom. The van der Waals surface area contributed by atoms with Gasteiger partial charge in [-0.3, -0.25) is 9.78 Å². The minimum absolute atomic E-state index is 0.285. The molecule has 0 atom stereocenters. The number of pyridine rings is 1. The lowest BCUT2D eigenvalue weighted by Gasteiger charge is -2.01. The molecule has 1 amide bonds. The van der Waals surface area contributed by atoms with Gasteiger partial charge in [-0.15, -0.1) is 0 Å². The van der Waals surface area contributed by atoms with Crippen molar-refractivity contribution in [3.05, 3.63) is 66.2 Å². The van der Waals surface area contributed by atoms with Crippen LogP contribution in [0.3, 0.4) is 0 Å². The molecule has 2 rings (SSSR count).